The molecule has 0 fully saturated rings. The largest absolute Gasteiger partial charge is 0.453 e. The van der Waals surface area contributed by atoms with E-state index in [4.69, 9.17) is 13.8 Å². The standard InChI is InChI=1S/C57H38N2O2/c1-2-42(23-15-19-38-17-5-3-6-18-38)59(43-33-31-40(32-34-43)39-20-7-4-8-21-39)52-37-41-22-9-10-24-44(41)54-50-28-16-27-48(55(50)61-56(52)54)47-35-36-49(46-26-12-11-25-45(46)47)57-58-51-29-13-14-30-53(51)60-57/h2-37H,1H2/b19-15+,42-23+. The van der Waals surface area contributed by atoms with Gasteiger partial charge in [0.25, 0.3) is 0 Å². The van der Waals surface area contributed by atoms with Crippen molar-refractivity contribution in [2.24, 2.45) is 0 Å². The van der Waals surface area contributed by atoms with Gasteiger partial charge in [0.1, 0.15) is 11.1 Å². The highest BCUT2D eigenvalue weighted by atomic mass is 16.3. The number of aromatic nitrogens is 1. The molecule has 2 heterocycles. The number of rotatable bonds is 9. The van der Waals surface area contributed by atoms with Crippen LogP contribution in [-0.2, 0) is 0 Å². The second-order valence-electron chi connectivity index (χ2n) is 15.1. The van der Waals surface area contributed by atoms with Gasteiger partial charge < -0.3 is 13.7 Å². The molecule has 0 aliphatic rings. The van der Waals surface area contributed by atoms with E-state index in [2.05, 4.69) is 187 Å². The molecule has 0 unspecified atom stereocenters. The summed E-state index contributed by atoms with van der Waals surface area (Å²) in [6, 6.07) is 67.5. The summed E-state index contributed by atoms with van der Waals surface area (Å²) in [5.41, 5.74) is 12.5. The molecule has 0 saturated carbocycles. The molecule has 0 radical (unpaired) electrons. The van der Waals surface area contributed by atoms with Gasteiger partial charge in [-0.2, -0.15) is 0 Å². The van der Waals surface area contributed by atoms with E-state index in [1.807, 2.05) is 42.5 Å². The van der Waals surface area contributed by atoms with Gasteiger partial charge in [-0.25, -0.2) is 4.98 Å². The Morgan fingerprint density at radius 1 is 0.525 bits per heavy atom. The Bertz CT molecular complexity index is 3450. The Kier molecular flexibility index (Phi) is 8.94. The van der Waals surface area contributed by atoms with E-state index in [9.17, 15) is 0 Å². The van der Waals surface area contributed by atoms with Crippen LogP contribution in [0.3, 0.4) is 0 Å². The Morgan fingerprint density at radius 3 is 1.97 bits per heavy atom. The fourth-order valence-corrected chi connectivity index (χ4v) is 8.63. The van der Waals surface area contributed by atoms with Crippen molar-refractivity contribution in [1.29, 1.82) is 0 Å². The maximum Gasteiger partial charge on any atom is 0.227 e. The maximum absolute atomic E-state index is 7.29. The van der Waals surface area contributed by atoms with Crippen molar-refractivity contribution in [1.82, 2.24) is 4.98 Å². The zero-order chi connectivity index (χ0) is 40.7. The summed E-state index contributed by atoms with van der Waals surface area (Å²) in [6.45, 7) is 4.35. The van der Waals surface area contributed by atoms with E-state index < -0.39 is 0 Å². The van der Waals surface area contributed by atoms with Crippen LogP contribution in [0.15, 0.2) is 233 Å². The number of allylic oxidation sites excluding steroid dienone is 3. The number of fused-ring (bicyclic) bond motifs is 7. The number of hydrogen-bond donors (Lipinski definition) is 0. The number of oxazole rings is 1. The van der Waals surface area contributed by atoms with Crippen molar-refractivity contribution < 1.29 is 8.83 Å². The average Bonchev–Trinajstić information content (AvgIpc) is 3.95. The number of para-hydroxylation sites is 3. The van der Waals surface area contributed by atoms with Crippen molar-refractivity contribution >= 4 is 72.0 Å². The second kappa shape index (κ2) is 15.2. The van der Waals surface area contributed by atoms with Crippen LogP contribution in [0, 0.1) is 0 Å². The first kappa shape index (κ1) is 35.9. The van der Waals surface area contributed by atoms with Crippen molar-refractivity contribution in [2.45, 2.75) is 0 Å². The minimum Gasteiger partial charge on any atom is -0.453 e. The van der Waals surface area contributed by atoms with Crippen LogP contribution < -0.4 is 4.90 Å². The SMILES string of the molecule is C=C/C(=C\C=C\c1ccccc1)N(c1ccc(-c2ccccc2)cc1)c1cc2ccccc2c2c1oc1c(-c3ccc(-c4nc5ccccc5o4)c4ccccc34)cccc12. The predicted molar refractivity (Wildman–Crippen MR) is 255 cm³/mol. The molecule has 11 rings (SSSR count). The zero-order valence-electron chi connectivity index (χ0n) is 33.2. The van der Waals surface area contributed by atoms with Crippen molar-refractivity contribution in [3.63, 3.8) is 0 Å². The molecule has 9 aromatic carbocycles. The van der Waals surface area contributed by atoms with Crippen molar-refractivity contribution in [3.8, 4) is 33.7 Å². The van der Waals surface area contributed by atoms with Crippen LogP contribution >= 0.6 is 0 Å². The Balaban J connectivity index is 1.13. The molecule has 0 atom stereocenters. The van der Waals surface area contributed by atoms with Crippen LogP contribution in [-0.4, -0.2) is 4.98 Å². The fourth-order valence-electron chi connectivity index (χ4n) is 8.63. The van der Waals surface area contributed by atoms with Gasteiger partial charge in [-0.05, 0) is 92.3 Å². The first-order valence-electron chi connectivity index (χ1n) is 20.5. The van der Waals surface area contributed by atoms with E-state index in [1.54, 1.807) is 0 Å². The highest BCUT2D eigenvalue weighted by molar-refractivity contribution is 6.25. The normalized spacial score (nSPS) is 12.0. The fraction of sp³-hybridized carbons (Fsp3) is 0. The lowest BCUT2D eigenvalue weighted by Crippen LogP contribution is -2.15. The molecule has 11 aromatic rings. The summed E-state index contributed by atoms with van der Waals surface area (Å²) >= 11 is 0. The summed E-state index contributed by atoms with van der Waals surface area (Å²) in [5.74, 6) is 0.601. The molecular weight excluding hydrogens is 745 g/mol. The van der Waals surface area contributed by atoms with E-state index in [-0.39, 0.29) is 0 Å². The summed E-state index contributed by atoms with van der Waals surface area (Å²) in [4.78, 5) is 7.13. The van der Waals surface area contributed by atoms with Gasteiger partial charge in [0.15, 0.2) is 11.2 Å². The first-order valence-corrected chi connectivity index (χ1v) is 20.5. The lowest BCUT2D eigenvalue weighted by molar-refractivity contribution is 0.620. The minimum atomic E-state index is 0.601. The molecule has 0 saturated heterocycles. The summed E-state index contributed by atoms with van der Waals surface area (Å²) in [5, 5.41) is 6.49. The van der Waals surface area contributed by atoms with Crippen molar-refractivity contribution in [3.05, 3.63) is 230 Å². The van der Waals surface area contributed by atoms with Crippen LogP contribution in [0.25, 0.3) is 94.4 Å². The number of furan rings is 1. The van der Waals surface area contributed by atoms with Gasteiger partial charge >= 0.3 is 0 Å². The van der Waals surface area contributed by atoms with Gasteiger partial charge in [0.05, 0.1) is 5.69 Å². The molecule has 0 aliphatic carbocycles. The molecular formula is C57H38N2O2. The predicted octanol–water partition coefficient (Wildman–Crippen LogP) is 16.0. The summed E-state index contributed by atoms with van der Waals surface area (Å²) < 4.78 is 13.6. The molecule has 2 aromatic heterocycles. The zero-order valence-corrected chi connectivity index (χ0v) is 33.2. The van der Waals surface area contributed by atoms with Gasteiger partial charge in [-0.3, -0.25) is 0 Å². The van der Waals surface area contributed by atoms with Crippen molar-refractivity contribution in [2.75, 3.05) is 4.90 Å². The smallest absolute Gasteiger partial charge is 0.227 e. The maximum atomic E-state index is 7.29. The quantitative estimate of drug-likeness (QED) is 0.137. The summed E-state index contributed by atoms with van der Waals surface area (Å²) in [6.07, 6.45) is 8.23. The molecule has 0 amide bonds. The molecule has 0 bridgehead atoms. The number of benzene rings is 9. The first-order chi connectivity index (χ1) is 30.2. The highest BCUT2D eigenvalue weighted by Crippen LogP contribution is 2.47. The molecule has 4 heteroatoms. The van der Waals surface area contributed by atoms with E-state index in [1.165, 1.54) is 0 Å². The summed E-state index contributed by atoms with van der Waals surface area (Å²) in [7, 11) is 0. The minimum absolute atomic E-state index is 0.601. The molecule has 0 spiro atoms. The van der Waals surface area contributed by atoms with Gasteiger partial charge in [-0.1, -0.05) is 176 Å². The van der Waals surface area contributed by atoms with Gasteiger partial charge in [-0.15, -0.1) is 0 Å². The van der Waals surface area contributed by atoms with E-state index >= 15 is 0 Å². The van der Waals surface area contributed by atoms with Gasteiger partial charge in [0.2, 0.25) is 5.89 Å². The second-order valence-corrected chi connectivity index (χ2v) is 15.1. The van der Waals surface area contributed by atoms with E-state index in [0.717, 1.165) is 105 Å². The third kappa shape index (κ3) is 6.39. The molecule has 0 N–H and O–H groups in total. The van der Waals surface area contributed by atoms with Crippen LogP contribution in [0.2, 0.25) is 0 Å². The lowest BCUT2D eigenvalue weighted by atomic mass is 9.93. The monoisotopic (exact) mass is 782 g/mol. The lowest BCUT2D eigenvalue weighted by Gasteiger charge is -2.27. The molecule has 4 nitrogen and oxygen atoms in total. The van der Waals surface area contributed by atoms with E-state index in [0.29, 0.717) is 5.89 Å². The Hall–Kier alpha value is -8.21. The molecule has 288 valence electrons. The Morgan fingerprint density at radius 2 is 1.18 bits per heavy atom. The third-order valence-corrected chi connectivity index (χ3v) is 11.5. The van der Waals surface area contributed by atoms with Crippen LogP contribution in [0.4, 0.5) is 11.4 Å². The van der Waals surface area contributed by atoms with Crippen LogP contribution in [0.1, 0.15) is 5.56 Å². The molecule has 61 heavy (non-hydrogen) atoms. The number of anilines is 2. The molecule has 0 aliphatic heterocycles. The topological polar surface area (TPSA) is 42.4 Å². The third-order valence-electron chi connectivity index (χ3n) is 11.5. The number of nitrogens with zero attached hydrogens (tertiary/aromatic N) is 2. The van der Waals surface area contributed by atoms with Gasteiger partial charge in [0, 0.05) is 33.3 Å². The highest BCUT2D eigenvalue weighted by Gasteiger charge is 2.24. The average molecular weight is 783 g/mol. The number of hydrogen-bond acceptors (Lipinski definition) is 4. The van der Waals surface area contributed by atoms with Crippen LogP contribution in [0.5, 0.6) is 0 Å². The Labute approximate surface area is 353 Å².